The Hall–Kier alpha value is -0.280. The van der Waals surface area contributed by atoms with Gasteiger partial charge in [-0.05, 0) is 189 Å². The second kappa shape index (κ2) is 52.6. The maximum Gasteiger partial charge on any atom is 0.104 e. The van der Waals surface area contributed by atoms with Crippen molar-refractivity contribution >= 4 is 0 Å². The number of hydrogen-bond acceptors (Lipinski definition) is 7. The van der Waals surface area contributed by atoms with Crippen molar-refractivity contribution in [3.05, 3.63) is 0 Å². The third kappa shape index (κ3) is 40.1. The molecule has 0 amide bonds. The highest BCUT2D eigenvalue weighted by molar-refractivity contribution is 4.83. The monoisotopic (exact) mass is 1360 g/mol. The number of fused-ring (bicyclic) bond motifs is 6. The van der Waals surface area contributed by atoms with E-state index < -0.39 is 0 Å². The molecule has 3 saturated carbocycles. The van der Waals surface area contributed by atoms with Gasteiger partial charge in [0.05, 0.1) is 25.9 Å². The zero-order valence-corrected chi connectivity index (χ0v) is 67.9. The first kappa shape index (κ1) is 87.4. The van der Waals surface area contributed by atoms with Gasteiger partial charge in [0, 0.05) is 59.2 Å². The van der Waals surface area contributed by atoms with Crippen LogP contribution in [-0.4, -0.2) is 101 Å². The molecule has 97 heavy (non-hydrogen) atoms. The van der Waals surface area contributed by atoms with E-state index in [-0.39, 0.29) is 18.8 Å². The molecule has 2 heterocycles. The topological polar surface area (TPSA) is 72.4 Å². The van der Waals surface area contributed by atoms with Gasteiger partial charge in [0.1, 0.15) is 6.10 Å². The van der Waals surface area contributed by atoms with Gasteiger partial charge in [-0.25, -0.2) is 0 Å². The van der Waals surface area contributed by atoms with E-state index in [1.54, 1.807) is 0 Å². The molecular formula is C90H174N2O5. The van der Waals surface area contributed by atoms with Crippen molar-refractivity contribution in [1.29, 1.82) is 0 Å². The predicted octanol–water partition coefficient (Wildman–Crippen LogP) is 24.7. The maximum atomic E-state index is 10.1. The molecule has 0 aromatic rings. The molecule has 7 nitrogen and oxygen atoms in total. The van der Waals surface area contributed by atoms with Crippen LogP contribution in [-0.2, 0) is 18.9 Å². The molecule has 7 heteroatoms. The minimum atomic E-state index is -0.195. The van der Waals surface area contributed by atoms with Crippen molar-refractivity contribution in [2.45, 2.75) is 379 Å². The van der Waals surface area contributed by atoms with E-state index in [1.807, 2.05) is 0 Å². The molecule has 5 rings (SSSR count). The normalized spacial score (nSPS) is 39.9. The Bertz CT molecular complexity index is 1830. The van der Waals surface area contributed by atoms with Crippen LogP contribution in [0.2, 0.25) is 0 Å². The first-order valence-corrected chi connectivity index (χ1v) is 44.2. The summed E-state index contributed by atoms with van der Waals surface area (Å²) in [4.78, 5) is 2.60. The molecule has 5 aliphatic rings. The summed E-state index contributed by atoms with van der Waals surface area (Å²) in [6.07, 6.45) is 58.5. The lowest BCUT2D eigenvalue weighted by molar-refractivity contribution is -0.0471. The quantitative estimate of drug-likeness (QED) is 0.292. The van der Waals surface area contributed by atoms with Crippen molar-refractivity contribution in [2.75, 3.05) is 79.0 Å². The maximum absolute atomic E-state index is 10.1. The summed E-state index contributed by atoms with van der Waals surface area (Å²) >= 11 is 0. The highest BCUT2D eigenvalue weighted by atomic mass is 16.5. The standard InChI is InChI=1S/C90H174N2O5/c1-69-24-16-32-78(10)82(14)61-77(9)31-15-23-73(5)49-57-94-67-89(65-92-55-53-91-54-56-92)96-59-51-75(7)29-21-37-84-44-47-87(63-84)80(12)34-18-26-71(3)41-42-72(4)27-19-35-81(13)88-48-45-85(64-88)38-22-30-76(8)52-60-97-90(66-93)68-95-58-50-74(6)28-20-36-83-43-46-86(62-83)79(11)33-17-25-70(2)40-39-69/h69-91,93H,15-68H2,1-14H3. The molecule has 0 radical (unpaired) electrons. The fourth-order valence-corrected chi connectivity index (χ4v) is 19.5. The number of nitrogens with zero attached hydrogens (tertiary/aromatic N) is 1. The Morgan fingerprint density at radius 3 is 0.979 bits per heavy atom. The summed E-state index contributed by atoms with van der Waals surface area (Å²) in [5.74, 6) is 17.2. The summed E-state index contributed by atoms with van der Waals surface area (Å²) in [6.45, 7) is 45.4. The molecular weight excluding hydrogens is 1190 g/mol. The number of ether oxygens (including phenoxy) is 4. The van der Waals surface area contributed by atoms with Gasteiger partial charge >= 0.3 is 0 Å². The van der Waals surface area contributed by atoms with Crippen LogP contribution in [0.4, 0.5) is 0 Å². The zero-order valence-electron chi connectivity index (χ0n) is 67.9. The molecule has 5 fully saturated rings. The molecule has 2 saturated heterocycles. The largest absolute Gasteiger partial charge is 0.394 e. The minimum Gasteiger partial charge on any atom is -0.394 e. The third-order valence-corrected chi connectivity index (χ3v) is 27.9. The number of nitrogens with one attached hydrogen (secondary N) is 1. The molecule has 22 unspecified atom stereocenters. The smallest absolute Gasteiger partial charge is 0.104 e. The van der Waals surface area contributed by atoms with Crippen LogP contribution in [0.5, 0.6) is 0 Å². The molecule has 2 N–H and O–H groups in total. The Labute approximate surface area is 607 Å². The van der Waals surface area contributed by atoms with Crippen molar-refractivity contribution in [1.82, 2.24) is 10.2 Å². The minimum absolute atomic E-state index is 0.0524. The number of aliphatic hydroxyl groups excluding tert-OH is 1. The second-order valence-corrected chi connectivity index (χ2v) is 37.5. The molecule has 2 aliphatic heterocycles. The van der Waals surface area contributed by atoms with Crippen LogP contribution in [0.25, 0.3) is 0 Å². The molecule has 0 spiro atoms. The summed E-state index contributed by atoms with van der Waals surface area (Å²) < 4.78 is 25.5. The summed E-state index contributed by atoms with van der Waals surface area (Å²) in [7, 11) is 0. The van der Waals surface area contributed by atoms with Crippen LogP contribution in [0, 0.1) is 118 Å². The molecule has 22 atom stereocenters. The first-order chi connectivity index (χ1) is 46.8. The van der Waals surface area contributed by atoms with Crippen LogP contribution in [0.15, 0.2) is 0 Å². The number of piperazine rings is 1. The van der Waals surface area contributed by atoms with Gasteiger partial charge in [0.2, 0.25) is 0 Å². The average Bonchev–Trinajstić information content (AvgIpc) is 1.85. The number of rotatable bonds is 3. The van der Waals surface area contributed by atoms with Crippen molar-refractivity contribution in [3.63, 3.8) is 0 Å². The SMILES string of the molecule is CC1CCCC2CCC(C2)C(C)CCCC(C)CCC(C)CCCC(C)C(C)CC(C)CCCC(C)CCOCC(CN2CCNCC2)OCCC(C)CCCC2CCC(C2)C(C)CCCC(C)CCC(C)CCCC(C)C2CCC(CCCC(C)CCOC(CO)COCC1)C2. The van der Waals surface area contributed by atoms with Gasteiger partial charge in [-0.15, -0.1) is 0 Å². The summed E-state index contributed by atoms with van der Waals surface area (Å²) in [5.41, 5.74) is 0. The number of hydrogen-bond donors (Lipinski definition) is 2. The molecule has 574 valence electrons. The number of aliphatic hydroxyl groups is 1. The van der Waals surface area contributed by atoms with Gasteiger partial charge in [-0.2, -0.15) is 0 Å². The lowest BCUT2D eigenvalue weighted by atomic mass is 9.82. The van der Waals surface area contributed by atoms with Crippen LogP contribution in [0.3, 0.4) is 0 Å². The Morgan fingerprint density at radius 1 is 0.289 bits per heavy atom. The molecule has 0 aromatic carbocycles. The van der Waals surface area contributed by atoms with E-state index in [0.29, 0.717) is 18.4 Å². The van der Waals surface area contributed by atoms with Gasteiger partial charge in [0.15, 0.2) is 0 Å². The molecule has 3 aliphatic carbocycles. The summed E-state index contributed by atoms with van der Waals surface area (Å²) in [6, 6.07) is 0. The van der Waals surface area contributed by atoms with Crippen molar-refractivity contribution in [2.24, 2.45) is 118 Å². The highest BCUT2D eigenvalue weighted by Gasteiger charge is 2.32. The van der Waals surface area contributed by atoms with E-state index in [2.05, 4.69) is 107 Å². The van der Waals surface area contributed by atoms with E-state index >= 15 is 0 Å². The van der Waals surface area contributed by atoms with E-state index in [9.17, 15) is 5.11 Å². The van der Waals surface area contributed by atoms with Crippen molar-refractivity contribution in [3.8, 4) is 0 Å². The van der Waals surface area contributed by atoms with Crippen molar-refractivity contribution < 1.29 is 24.1 Å². The average molecular weight is 1360 g/mol. The third-order valence-electron chi connectivity index (χ3n) is 27.9. The Balaban J connectivity index is 0.992. The Kier molecular flexibility index (Phi) is 47.4. The van der Waals surface area contributed by atoms with Gasteiger partial charge < -0.3 is 29.4 Å². The zero-order chi connectivity index (χ0) is 70.0. The molecule has 0 aromatic heterocycles. The fourth-order valence-electron chi connectivity index (χ4n) is 19.5. The fraction of sp³-hybridized carbons (Fsp3) is 1.00. The lowest BCUT2D eigenvalue weighted by Gasteiger charge is -2.31. The second-order valence-electron chi connectivity index (χ2n) is 37.5. The highest BCUT2D eigenvalue weighted by Crippen LogP contribution is 2.44. The lowest BCUT2D eigenvalue weighted by Crippen LogP contribution is -2.47. The van der Waals surface area contributed by atoms with Gasteiger partial charge in [0.25, 0.3) is 0 Å². The van der Waals surface area contributed by atoms with Gasteiger partial charge in [-0.3, -0.25) is 4.90 Å². The van der Waals surface area contributed by atoms with Crippen LogP contribution in [0.1, 0.15) is 367 Å². The van der Waals surface area contributed by atoms with E-state index in [1.165, 1.54) is 257 Å². The van der Waals surface area contributed by atoms with E-state index in [0.717, 1.165) is 185 Å². The van der Waals surface area contributed by atoms with E-state index in [4.69, 9.17) is 18.9 Å². The Morgan fingerprint density at radius 2 is 0.598 bits per heavy atom. The summed E-state index contributed by atoms with van der Waals surface area (Å²) in [5, 5.41) is 13.7. The first-order valence-electron chi connectivity index (χ1n) is 44.2. The van der Waals surface area contributed by atoms with Crippen LogP contribution < -0.4 is 5.32 Å². The van der Waals surface area contributed by atoms with Gasteiger partial charge in [-0.1, -0.05) is 296 Å². The molecule has 6 bridgehead atoms. The van der Waals surface area contributed by atoms with Crippen LogP contribution >= 0.6 is 0 Å². The predicted molar refractivity (Wildman–Crippen MR) is 421 cm³/mol.